The molecule has 3 heteroatoms. The maximum Gasteiger partial charge on any atom is 0.0111 e. The van der Waals surface area contributed by atoms with E-state index >= 15 is 0 Å². The first-order valence-corrected chi connectivity index (χ1v) is 9.74. The molecule has 0 bridgehead atoms. The summed E-state index contributed by atoms with van der Waals surface area (Å²) in [6.07, 6.45) is 11.1. The molecule has 2 nitrogen and oxygen atoms in total. The molecule has 0 aromatic heterocycles. The summed E-state index contributed by atoms with van der Waals surface area (Å²) in [6, 6.07) is 0. The van der Waals surface area contributed by atoms with E-state index in [4.69, 9.17) is 0 Å². The lowest BCUT2D eigenvalue weighted by Gasteiger charge is -2.18. The standard InChI is InChI=1S/C16H26N2S.2C2H6/c1-13-6-9-16(10-7-13)15(3)8-5-14(2)11-12-18-19-17-4;2*1-2/h5,8-9,13,17-18H,2-3,6-7,10-12H2,1,4H3;2*1-2H3/b8-5-;;. The summed E-state index contributed by atoms with van der Waals surface area (Å²) in [5.74, 6) is 0.825. The first kappa shape index (κ1) is 24.5. The fraction of sp³-hybridized carbons (Fsp3) is 0.600. The fourth-order valence-corrected chi connectivity index (χ4v) is 2.35. The molecule has 0 spiro atoms. The Bertz CT molecular complexity index is 370. The smallest absolute Gasteiger partial charge is 0.0111 e. The van der Waals surface area contributed by atoms with E-state index < -0.39 is 0 Å². The summed E-state index contributed by atoms with van der Waals surface area (Å²) < 4.78 is 6.17. The highest BCUT2D eigenvalue weighted by atomic mass is 32.2. The molecule has 0 amide bonds. The van der Waals surface area contributed by atoms with E-state index in [0.29, 0.717) is 0 Å². The molecule has 0 radical (unpaired) electrons. The second kappa shape index (κ2) is 17.6. The third kappa shape index (κ3) is 13.4. The van der Waals surface area contributed by atoms with Crippen LogP contribution in [-0.2, 0) is 0 Å². The molecule has 0 aliphatic heterocycles. The van der Waals surface area contributed by atoms with Crippen LogP contribution in [0.1, 0.15) is 60.3 Å². The average Bonchev–Trinajstić information content (AvgIpc) is 2.61. The Morgan fingerprint density at radius 2 is 1.91 bits per heavy atom. The van der Waals surface area contributed by atoms with Crippen molar-refractivity contribution < 1.29 is 0 Å². The van der Waals surface area contributed by atoms with E-state index in [1.807, 2.05) is 34.7 Å². The van der Waals surface area contributed by atoms with Gasteiger partial charge in [-0.3, -0.25) is 9.44 Å². The molecule has 0 aromatic carbocycles. The average molecular weight is 339 g/mol. The van der Waals surface area contributed by atoms with Crippen LogP contribution >= 0.6 is 12.1 Å². The van der Waals surface area contributed by atoms with E-state index in [0.717, 1.165) is 36.5 Å². The highest BCUT2D eigenvalue weighted by Crippen LogP contribution is 2.27. The van der Waals surface area contributed by atoms with Gasteiger partial charge in [0.25, 0.3) is 0 Å². The molecular formula is C20H38N2S. The van der Waals surface area contributed by atoms with E-state index in [9.17, 15) is 0 Å². The lowest BCUT2D eigenvalue weighted by Crippen LogP contribution is -2.11. The van der Waals surface area contributed by atoms with Crippen LogP contribution in [0.25, 0.3) is 0 Å². The normalized spacial score (nSPS) is 16.6. The van der Waals surface area contributed by atoms with Crippen LogP contribution in [0.2, 0.25) is 0 Å². The summed E-state index contributed by atoms with van der Waals surface area (Å²) in [5.41, 5.74) is 3.69. The summed E-state index contributed by atoms with van der Waals surface area (Å²) in [4.78, 5) is 0. The van der Waals surface area contributed by atoms with Gasteiger partial charge in [-0.2, -0.15) is 0 Å². The molecule has 0 heterocycles. The van der Waals surface area contributed by atoms with Crippen molar-refractivity contribution in [3.8, 4) is 0 Å². The van der Waals surface area contributed by atoms with Crippen LogP contribution in [0.5, 0.6) is 0 Å². The predicted molar refractivity (Wildman–Crippen MR) is 110 cm³/mol. The Morgan fingerprint density at radius 1 is 1.26 bits per heavy atom. The number of hydrogen-bond donors (Lipinski definition) is 2. The van der Waals surface area contributed by atoms with Crippen molar-refractivity contribution in [3.05, 3.63) is 48.1 Å². The zero-order valence-electron chi connectivity index (χ0n) is 16.2. The van der Waals surface area contributed by atoms with Crippen LogP contribution in [0.15, 0.2) is 48.1 Å². The van der Waals surface area contributed by atoms with Crippen molar-refractivity contribution >= 4 is 12.1 Å². The maximum absolute atomic E-state index is 4.16. The molecular weight excluding hydrogens is 300 g/mol. The Labute approximate surface area is 149 Å². The van der Waals surface area contributed by atoms with Crippen molar-refractivity contribution in [1.82, 2.24) is 9.44 Å². The minimum absolute atomic E-state index is 0.825. The largest absolute Gasteiger partial charge is 0.254 e. The van der Waals surface area contributed by atoms with Gasteiger partial charge in [0.2, 0.25) is 0 Å². The van der Waals surface area contributed by atoms with Crippen molar-refractivity contribution in [1.29, 1.82) is 0 Å². The Kier molecular flexibility index (Phi) is 18.7. The second-order valence-electron chi connectivity index (χ2n) is 5.08. The molecule has 0 saturated carbocycles. The summed E-state index contributed by atoms with van der Waals surface area (Å²) in [6.45, 7) is 19.5. The fourth-order valence-electron chi connectivity index (χ4n) is 2.00. The lowest BCUT2D eigenvalue weighted by molar-refractivity contribution is 0.517. The third-order valence-electron chi connectivity index (χ3n) is 3.33. The minimum Gasteiger partial charge on any atom is -0.254 e. The van der Waals surface area contributed by atoms with Crippen molar-refractivity contribution in [2.45, 2.75) is 60.3 Å². The van der Waals surface area contributed by atoms with Gasteiger partial charge in [0.05, 0.1) is 0 Å². The predicted octanol–water partition coefficient (Wildman–Crippen LogP) is 6.22. The monoisotopic (exact) mass is 338 g/mol. The molecule has 1 aliphatic rings. The van der Waals surface area contributed by atoms with Crippen LogP contribution in [0.3, 0.4) is 0 Å². The van der Waals surface area contributed by atoms with Gasteiger partial charge in [0.1, 0.15) is 0 Å². The molecule has 1 atom stereocenters. The third-order valence-corrected chi connectivity index (χ3v) is 3.88. The molecule has 0 fully saturated rings. The Balaban J connectivity index is 0. The van der Waals surface area contributed by atoms with Crippen molar-refractivity contribution in [2.24, 2.45) is 5.92 Å². The highest BCUT2D eigenvalue weighted by Gasteiger charge is 2.10. The molecule has 23 heavy (non-hydrogen) atoms. The topological polar surface area (TPSA) is 24.1 Å². The van der Waals surface area contributed by atoms with E-state index in [2.05, 4.69) is 47.8 Å². The summed E-state index contributed by atoms with van der Waals surface area (Å²) in [7, 11) is 1.90. The van der Waals surface area contributed by atoms with Gasteiger partial charge in [-0.15, -0.1) is 0 Å². The van der Waals surface area contributed by atoms with Crippen LogP contribution < -0.4 is 9.44 Å². The van der Waals surface area contributed by atoms with Gasteiger partial charge in [-0.25, -0.2) is 0 Å². The van der Waals surface area contributed by atoms with Crippen molar-refractivity contribution in [2.75, 3.05) is 13.6 Å². The first-order valence-electron chi connectivity index (χ1n) is 8.93. The van der Waals surface area contributed by atoms with Gasteiger partial charge in [0.15, 0.2) is 0 Å². The Hall–Kier alpha value is -0.770. The van der Waals surface area contributed by atoms with Gasteiger partial charge in [0, 0.05) is 18.7 Å². The minimum atomic E-state index is 0.825. The molecule has 0 aromatic rings. The summed E-state index contributed by atoms with van der Waals surface area (Å²) in [5, 5.41) is 0. The molecule has 2 N–H and O–H groups in total. The first-order chi connectivity index (χ1) is 11.1. The van der Waals surface area contributed by atoms with Crippen LogP contribution in [-0.4, -0.2) is 13.6 Å². The number of allylic oxidation sites excluding steroid dienone is 5. The van der Waals surface area contributed by atoms with E-state index in [1.54, 1.807) is 0 Å². The summed E-state index contributed by atoms with van der Waals surface area (Å²) >= 11 is 1.51. The van der Waals surface area contributed by atoms with Gasteiger partial charge < -0.3 is 0 Å². The molecule has 0 saturated heterocycles. The SMILES string of the molecule is C=C(/C=C\C(=C)C1=CCC(C)CC1)CCNSNC.CC.CC. The van der Waals surface area contributed by atoms with E-state index in [-0.39, 0.29) is 0 Å². The molecule has 1 rings (SSSR count). The van der Waals surface area contributed by atoms with E-state index in [1.165, 1.54) is 30.5 Å². The zero-order chi connectivity index (χ0) is 18.1. The van der Waals surface area contributed by atoms with Crippen LogP contribution in [0.4, 0.5) is 0 Å². The molecule has 1 aliphatic carbocycles. The lowest BCUT2D eigenvalue weighted by atomic mass is 9.88. The quantitative estimate of drug-likeness (QED) is 0.312. The highest BCUT2D eigenvalue weighted by molar-refractivity contribution is 7.95. The number of hydrogen-bond acceptors (Lipinski definition) is 3. The number of rotatable bonds is 8. The van der Waals surface area contributed by atoms with Gasteiger partial charge in [-0.05, 0) is 49.8 Å². The second-order valence-corrected chi connectivity index (χ2v) is 5.98. The zero-order valence-corrected chi connectivity index (χ0v) is 17.0. The Morgan fingerprint density at radius 3 is 2.43 bits per heavy atom. The maximum atomic E-state index is 4.16. The van der Waals surface area contributed by atoms with Crippen LogP contribution in [0, 0.1) is 5.92 Å². The molecule has 1 unspecified atom stereocenters. The molecule has 134 valence electrons. The van der Waals surface area contributed by atoms with Gasteiger partial charge >= 0.3 is 0 Å². The number of nitrogens with one attached hydrogen (secondary N) is 2. The van der Waals surface area contributed by atoms with Crippen molar-refractivity contribution in [3.63, 3.8) is 0 Å². The van der Waals surface area contributed by atoms with Gasteiger partial charge in [-0.1, -0.05) is 71.6 Å².